The maximum absolute atomic E-state index is 12.7. The highest BCUT2D eigenvalue weighted by molar-refractivity contribution is 5.94. The molecule has 0 spiro atoms. The Morgan fingerprint density at radius 1 is 1.18 bits per heavy atom. The third-order valence-corrected chi connectivity index (χ3v) is 5.35. The summed E-state index contributed by atoms with van der Waals surface area (Å²) in [5.41, 5.74) is 3.46. The van der Waals surface area contributed by atoms with E-state index in [-0.39, 0.29) is 18.3 Å². The number of amides is 1. The van der Waals surface area contributed by atoms with Crippen molar-refractivity contribution in [2.75, 3.05) is 7.05 Å². The first-order valence-electron chi connectivity index (χ1n) is 8.28. The smallest absolute Gasteiger partial charge is 0.253 e. The van der Waals surface area contributed by atoms with Crippen LogP contribution < -0.4 is 5.32 Å². The highest BCUT2D eigenvalue weighted by atomic mass is 35.5. The molecule has 1 fully saturated rings. The summed E-state index contributed by atoms with van der Waals surface area (Å²) in [6, 6.07) is 6.59. The molecule has 1 aliphatic carbocycles. The lowest BCUT2D eigenvalue weighted by molar-refractivity contribution is 0.0674. The monoisotopic (exact) mass is 322 g/mol. The molecule has 1 heterocycles. The Hall–Kier alpha value is -1.06. The molecule has 1 aromatic rings. The molecule has 22 heavy (non-hydrogen) atoms. The number of nitrogens with one attached hydrogen (secondary N) is 1. The van der Waals surface area contributed by atoms with Gasteiger partial charge in [0, 0.05) is 31.7 Å². The summed E-state index contributed by atoms with van der Waals surface area (Å²) in [6.07, 6.45) is 6.14. The van der Waals surface area contributed by atoms with E-state index >= 15 is 0 Å². The van der Waals surface area contributed by atoms with Crippen LogP contribution >= 0.6 is 12.4 Å². The molecule has 0 aromatic heterocycles. The van der Waals surface area contributed by atoms with Gasteiger partial charge in [-0.2, -0.15) is 0 Å². The highest BCUT2D eigenvalue weighted by Gasteiger charge is 2.26. The predicted octanol–water partition coefficient (Wildman–Crippen LogP) is 3.75. The number of benzene rings is 1. The second kappa shape index (κ2) is 7.47. The number of halogens is 1. The van der Waals surface area contributed by atoms with Crippen molar-refractivity contribution in [2.45, 2.75) is 58.2 Å². The largest absolute Gasteiger partial charge is 0.339 e. The van der Waals surface area contributed by atoms with Crippen LogP contribution in [0.5, 0.6) is 0 Å². The van der Waals surface area contributed by atoms with Crippen LogP contribution in [-0.4, -0.2) is 23.9 Å². The van der Waals surface area contributed by atoms with Gasteiger partial charge in [0.2, 0.25) is 0 Å². The lowest BCUT2D eigenvalue weighted by atomic mass is 9.84. The molecule has 1 saturated carbocycles. The molecular formula is C18H27ClN2O. The Balaban J connectivity index is 0.00000176. The Labute approximate surface area is 139 Å². The standard InChI is InChI=1S/C18H26N2O.ClH/c1-3-13-4-8-17(9-5-13)20(2)18(21)14-6-7-15-11-19-12-16(15)10-14;/h6-7,10,13,17,19H,3-5,8-9,11-12H2,1-2H3;1H. The average molecular weight is 323 g/mol. The molecule has 1 aliphatic heterocycles. The van der Waals surface area contributed by atoms with Crippen molar-refractivity contribution in [2.24, 2.45) is 5.92 Å². The van der Waals surface area contributed by atoms with Gasteiger partial charge in [0.1, 0.15) is 0 Å². The number of rotatable bonds is 3. The van der Waals surface area contributed by atoms with Crippen LogP contribution in [0.2, 0.25) is 0 Å². The van der Waals surface area contributed by atoms with Crippen LogP contribution in [0.25, 0.3) is 0 Å². The number of hydrogen-bond donors (Lipinski definition) is 1. The van der Waals surface area contributed by atoms with Gasteiger partial charge < -0.3 is 10.2 Å². The zero-order valence-corrected chi connectivity index (χ0v) is 14.4. The quantitative estimate of drug-likeness (QED) is 0.919. The van der Waals surface area contributed by atoms with Crippen molar-refractivity contribution in [1.29, 1.82) is 0 Å². The number of carbonyl (C=O) groups excluding carboxylic acids is 1. The van der Waals surface area contributed by atoms with E-state index in [1.54, 1.807) is 0 Å². The maximum atomic E-state index is 12.7. The van der Waals surface area contributed by atoms with Crippen LogP contribution in [0.1, 0.15) is 60.5 Å². The van der Waals surface area contributed by atoms with Crippen molar-refractivity contribution >= 4 is 18.3 Å². The van der Waals surface area contributed by atoms with Gasteiger partial charge in [0.25, 0.3) is 5.91 Å². The lowest BCUT2D eigenvalue weighted by Crippen LogP contribution is -2.39. The van der Waals surface area contributed by atoms with Crippen LogP contribution in [0.4, 0.5) is 0 Å². The van der Waals surface area contributed by atoms with Gasteiger partial charge in [-0.1, -0.05) is 19.4 Å². The Morgan fingerprint density at radius 2 is 1.86 bits per heavy atom. The average Bonchev–Trinajstić information content (AvgIpc) is 3.01. The van der Waals surface area contributed by atoms with Crippen molar-refractivity contribution < 1.29 is 4.79 Å². The van der Waals surface area contributed by atoms with Crippen molar-refractivity contribution in [3.05, 3.63) is 34.9 Å². The fourth-order valence-electron chi connectivity index (χ4n) is 3.74. The van der Waals surface area contributed by atoms with E-state index in [1.807, 2.05) is 18.0 Å². The van der Waals surface area contributed by atoms with Gasteiger partial charge >= 0.3 is 0 Å². The molecule has 3 nitrogen and oxygen atoms in total. The Bertz CT molecular complexity index is 524. The molecule has 1 N–H and O–H groups in total. The molecule has 122 valence electrons. The molecule has 1 amide bonds. The van der Waals surface area contributed by atoms with E-state index in [0.717, 1.165) is 37.4 Å². The predicted molar refractivity (Wildman–Crippen MR) is 92.4 cm³/mol. The number of fused-ring (bicyclic) bond motifs is 1. The molecule has 4 heteroatoms. The summed E-state index contributed by atoms with van der Waals surface area (Å²) < 4.78 is 0. The summed E-state index contributed by atoms with van der Waals surface area (Å²) in [6.45, 7) is 4.10. The molecule has 0 radical (unpaired) electrons. The second-order valence-electron chi connectivity index (χ2n) is 6.59. The first-order valence-corrected chi connectivity index (χ1v) is 8.28. The molecular weight excluding hydrogens is 296 g/mol. The summed E-state index contributed by atoms with van der Waals surface area (Å²) in [5, 5.41) is 3.33. The topological polar surface area (TPSA) is 32.3 Å². The van der Waals surface area contributed by atoms with Crippen LogP contribution in [0.15, 0.2) is 18.2 Å². The summed E-state index contributed by atoms with van der Waals surface area (Å²) >= 11 is 0. The van der Waals surface area contributed by atoms with E-state index in [0.29, 0.717) is 6.04 Å². The van der Waals surface area contributed by atoms with Crippen molar-refractivity contribution in [1.82, 2.24) is 10.2 Å². The van der Waals surface area contributed by atoms with E-state index in [4.69, 9.17) is 0 Å². The molecule has 0 saturated heterocycles. The van der Waals surface area contributed by atoms with Gasteiger partial charge in [0.05, 0.1) is 0 Å². The number of hydrogen-bond acceptors (Lipinski definition) is 2. The molecule has 3 rings (SSSR count). The highest BCUT2D eigenvalue weighted by Crippen LogP contribution is 2.29. The number of carbonyl (C=O) groups is 1. The molecule has 0 bridgehead atoms. The first-order chi connectivity index (χ1) is 10.2. The van der Waals surface area contributed by atoms with Crippen LogP contribution in [0.3, 0.4) is 0 Å². The minimum atomic E-state index is 0. The van der Waals surface area contributed by atoms with E-state index in [9.17, 15) is 4.79 Å². The Morgan fingerprint density at radius 3 is 2.55 bits per heavy atom. The third kappa shape index (κ3) is 3.47. The van der Waals surface area contributed by atoms with Crippen molar-refractivity contribution in [3.8, 4) is 0 Å². The lowest BCUT2D eigenvalue weighted by Gasteiger charge is -2.34. The SMILES string of the molecule is CCC1CCC(N(C)C(=O)c2ccc3c(c2)CNC3)CC1.Cl. The molecule has 1 aromatic carbocycles. The third-order valence-electron chi connectivity index (χ3n) is 5.35. The van der Waals surface area contributed by atoms with E-state index in [1.165, 1.54) is 30.4 Å². The zero-order chi connectivity index (χ0) is 14.8. The van der Waals surface area contributed by atoms with Gasteiger partial charge in [0.15, 0.2) is 0 Å². The van der Waals surface area contributed by atoms with Gasteiger partial charge in [-0.25, -0.2) is 0 Å². The minimum Gasteiger partial charge on any atom is -0.339 e. The summed E-state index contributed by atoms with van der Waals surface area (Å²) in [7, 11) is 1.98. The van der Waals surface area contributed by atoms with E-state index in [2.05, 4.69) is 24.4 Å². The summed E-state index contributed by atoms with van der Waals surface area (Å²) in [4.78, 5) is 14.7. The zero-order valence-electron chi connectivity index (χ0n) is 13.6. The maximum Gasteiger partial charge on any atom is 0.253 e. The second-order valence-corrected chi connectivity index (χ2v) is 6.59. The summed E-state index contributed by atoms with van der Waals surface area (Å²) in [5.74, 6) is 1.06. The number of nitrogens with zero attached hydrogens (tertiary/aromatic N) is 1. The Kier molecular flexibility index (Phi) is 5.87. The van der Waals surface area contributed by atoms with Crippen LogP contribution in [0, 0.1) is 5.92 Å². The minimum absolute atomic E-state index is 0. The van der Waals surface area contributed by atoms with Gasteiger partial charge in [-0.3, -0.25) is 4.79 Å². The van der Waals surface area contributed by atoms with Gasteiger partial charge in [-0.15, -0.1) is 12.4 Å². The normalized spacial score (nSPS) is 23.5. The van der Waals surface area contributed by atoms with Crippen LogP contribution in [-0.2, 0) is 13.1 Å². The molecule has 0 atom stereocenters. The van der Waals surface area contributed by atoms with Crippen molar-refractivity contribution in [3.63, 3.8) is 0 Å². The molecule has 2 aliphatic rings. The first kappa shape index (κ1) is 17.3. The molecule has 0 unspecified atom stereocenters. The van der Waals surface area contributed by atoms with E-state index < -0.39 is 0 Å². The fraction of sp³-hybridized carbons (Fsp3) is 0.611. The fourth-order valence-corrected chi connectivity index (χ4v) is 3.74. The van der Waals surface area contributed by atoms with Gasteiger partial charge in [-0.05, 0) is 54.9 Å².